The lowest BCUT2D eigenvalue weighted by Crippen LogP contribution is -2.33. The maximum absolute atomic E-state index is 12.0. The number of carbonyl (C=O) groups excluding carboxylic acids is 1. The van der Waals surface area contributed by atoms with E-state index in [1.807, 2.05) is 25.1 Å². The zero-order chi connectivity index (χ0) is 22.2. The minimum atomic E-state index is -0.270. The molecule has 0 spiro atoms. The molecule has 1 N–H and O–H groups in total. The van der Waals surface area contributed by atoms with Crippen LogP contribution in [0.25, 0.3) is 10.8 Å². The largest absolute Gasteiger partial charge is 0.462 e. The highest BCUT2D eigenvalue weighted by Gasteiger charge is 2.36. The van der Waals surface area contributed by atoms with Crippen LogP contribution in [-0.2, 0) is 22.1 Å². The Kier molecular flexibility index (Phi) is 5.55. The second-order valence-corrected chi connectivity index (χ2v) is 10.00. The zero-order valence-corrected chi connectivity index (χ0v) is 19.3. The fourth-order valence-electron chi connectivity index (χ4n) is 4.65. The average molecular weight is 416 g/mol. The fourth-order valence-corrected chi connectivity index (χ4v) is 4.65. The molecule has 0 bridgehead atoms. The van der Waals surface area contributed by atoms with Crippen LogP contribution in [0.3, 0.4) is 0 Å². The Balaban J connectivity index is 1.53. The molecule has 0 saturated heterocycles. The number of fused-ring (bicyclic) bond motifs is 2. The van der Waals surface area contributed by atoms with Gasteiger partial charge in [-0.3, -0.25) is 0 Å². The van der Waals surface area contributed by atoms with Gasteiger partial charge >= 0.3 is 5.97 Å². The van der Waals surface area contributed by atoms with Gasteiger partial charge in [0.25, 0.3) is 0 Å². The Bertz CT molecular complexity index is 1130. The third-order valence-electron chi connectivity index (χ3n) is 6.77. The van der Waals surface area contributed by atoms with Gasteiger partial charge in [-0.1, -0.05) is 52.0 Å². The molecule has 3 heteroatoms. The molecule has 1 aliphatic carbocycles. The number of rotatable bonds is 5. The first kappa shape index (κ1) is 21.4. The van der Waals surface area contributed by atoms with Crippen LogP contribution in [0.4, 0.5) is 5.69 Å². The van der Waals surface area contributed by atoms with E-state index >= 15 is 0 Å². The molecule has 0 aliphatic heterocycles. The quantitative estimate of drug-likeness (QED) is 0.457. The number of carbonyl (C=O) groups is 1. The molecule has 0 saturated carbocycles. The second kappa shape index (κ2) is 8.03. The summed E-state index contributed by atoms with van der Waals surface area (Å²) in [6.45, 7) is 12.4. The van der Waals surface area contributed by atoms with Gasteiger partial charge in [0.15, 0.2) is 0 Å². The molecule has 162 valence electrons. The summed E-state index contributed by atoms with van der Waals surface area (Å²) in [6.07, 6.45) is 2.45. The highest BCUT2D eigenvalue weighted by Crippen LogP contribution is 2.46. The zero-order valence-electron chi connectivity index (χ0n) is 19.3. The van der Waals surface area contributed by atoms with E-state index in [0.29, 0.717) is 12.2 Å². The SMILES string of the molecule is CCOC(=O)c1ccc2cc(CNc3ccc4c(c3)C(C)(C)CCC4(C)C)ccc2c1. The maximum atomic E-state index is 12.0. The lowest BCUT2D eigenvalue weighted by molar-refractivity contribution is 0.0526. The number of nitrogens with one attached hydrogen (secondary N) is 1. The van der Waals surface area contributed by atoms with Crippen molar-refractivity contribution in [1.82, 2.24) is 0 Å². The first-order valence-corrected chi connectivity index (χ1v) is 11.3. The number of esters is 1. The highest BCUT2D eigenvalue weighted by atomic mass is 16.5. The highest BCUT2D eigenvalue weighted by molar-refractivity contribution is 5.95. The monoisotopic (exact) mass is 415 g/mol. The molecule has 3 aromatic carbocycles. The van der Waals surface area contributed by atoms with Gasteiger partial charge in [0.05, 0.1) is 12.2 Å². The van der Waals surface area contributed by atoms with Crippen molar-refractivity contribution in [1.29, 1.82) is 0 Å². The van der Waals surface area contributed by atoms with Gasteiger partial charge in [-0.25, -0.2) is 4.79 Å². The van der Waals surface area contributed by atoms with Gasteiger partial charge in [-0.2, -0.15) is 0 Å². The predicted molar refractivity (Wildman–Crippen MR) is 129 cm³/mol. The Labute approximate surface area is 185 Å². The number of hydrogen-bond acceptors (Lipinski definition) is 3. The molecule has 0 atom stereocenters. The van der Waals surface area contributed by atoms with Crippen LogP contribution in [0.1, 0.15) is 74.5 Å². The number of hydrogen-bond donors (Lipinski definition) is 1. The fraction of sp³-hybridized carbons (Fsp3) is 0.393. The number of benzene rings is 3. The van der Waals surface area contributed by atoms with Gasteiger partial charge in [-0.15, -0.1) is 0 Å². The van der Waals surface area contributed by atoms with Crippen molar-refractivity contribution in [2.75, 3.05) is 11.9 Å². The lowest BCUT2D eigenvalue weighted by atomic mass is 9.63. The van der Waals surface area contributed by atoms with Crippen molar-refractivity contribution < 1.29 is 9.53 Å². The number of anilines is 1. The first-order valence-electron chi connectivity index (χ1n) is 11.3. The molecule has 0 radical (unpaired) electrons. The molecule has 3 aromatic rings. The van der Waals surface area contributed by atoms with Crippen molar-refractivity contribution in [3.8, 4) is 0 Å². The van der Waals surface area contributed by atoms with Crippen LogP contribution in [0.5, 0.6) is 0 Å². The lowest BCUT2D eigenvalue weighted by Gasteiger charge is -2.42. The summed E-state index contributed by atoms with van der Waals surface area (Å²) in [6, 6.07) is 19.0. The van der Waals surface area contributed by atoms with E-state index in [2.05, 4.69) is 69.4 Å². The van der Waals surface area contributed by atoms with Crippen LogP contribution in [0.15, 0.2) is 54.6 Å². The van der Waals surface area contributed by atoms with Crippen LogP contribution in [0, 0.1) is 0 Å². The molecule has 0 aromatic heterocycles. The van der Waals surface area contributed by atoms with Crippen molar-refractivity contribution in [2.24, 2.45) is 0 Å². The van der Waals surface area contributed by atoms with E-state index in [0.717, 1.165) is 17.3 Å². The molecular formula is C28H33NO2. The van der Waals surface area contributed by atoms with Crippen molar-refractivity contribution in [3.05, 3.63) is 76.9 Å². The average Bonchev–Trinajstić information content (AvgIpc) is 2.75. The Morgan fingerprint density at radius 2 is 1.55 bits per heavy atom. The van der Waals surface area contributed by atoms with Crippen LogP contribution in [0.2, 0.25) is 0 Å². The Morgan fingerprint density at radius 1 is 0.871 bits per heavy atom. The minimum Gasteiger partial charge on any atom is -0.462 e. The maximum Gasteiger partial charge on any atom is 0.338 e. The van der Waals surface area contributed by atoms with Crippen LogP contribution >= 0.6 is 0 Å². The first-order chi connectivity index (χ1) is 14.7. The van der Waals surface area contributed by atoms with Gasteiger partial charge in [0.1, 0.15) is 0 Å². The van der Waals surface area contributed by atoms with E-state index in [-0.39, 0.29) is 16.8 Å². The Hall–Kier alpha value is -2.81. The minimum absolute atomic E-state index is 0.210. The molecule has 31 heavy (non-hydrogen) atoms. The summed E-state index contributed by atoms with van der Waals surface area (Å²) < 4.78 is 5.11. The van der Waals surface area contributed by atoms with E-state index in [1.165, 1.54) is 35.2 Å². The molecule has 0 unspecified atom stereocenters. The molecule has 1 aliphatic rings. The summed E-state index contributed by atoms with van der Waals surface area (Å²) in [5.74, 6) is -0.270. The van der Waals surface area contributed by atoms with E-state index < -0.39 is 0 Å². The molecule has 4 rings (SSSR count). The Morgan fingerprint density at radius 3 is 2.29 bits per heavy atom. The second-order valence-electron chi connectivity index (χ2n) is 10.00. The van der Waals surface area contributed by atoms with Crippen molar-refractivity contribution in [2.45, 2.75) is 64.8 Å². The summed E-state index contributed by atoms with van der Waals surface area (Å²) in [4.78, 5) is 12.0. The molecule has 0 amide bonds. The summed E-state index contributed by atoms with van der Waals surface area (Å²) in [7, 11) is 0. The summed E-state index contributed by atoms with van der Waals surface area (Å²) in [5.41, 5.74) is 6.39. The molecule has 0 heterocycles. The van der Waals surface area contributed by atoms with E-state index in [9.17, 15) is 4.79 Å². The predicted octanol–water partition coefficient (Wildman–Crippen LogP) is 6.98. The summed E-state index contributed by atoms with van der Waals surface area (Å²) in [5, 5.41) is 5.79. The number of ether oxygens (including phenoxy) is 1. The smallest absolute Gasteiger partial charge is 0.338 e. The standard InChI is InChI=1S/C28H33NO2/c1-6-31-26(30)22-10-9-20-15-19(7-8-21(20)16-22)18-29-23-11-12-24-25(17-23)28(4,5)14-13-27(24,2)3/h7-12,15-17,29H,6,13-14,18H2,1-5H3. The van der Waals surface area contributed by atoms with Crippen molar-refractivity contribution >= 4 is 22.4 Å². The van der Waals surface area contributed by atoms with Crippen LogP contribution in [-0.4, -0.2) is 12.6 Å². The third-order valence-corrected chi connectivity index (χ3v) is 6.77. The molecular weight excluding hydrogens is 382 g/mol. The summed E-state index contributed by atoms with van der Waals surface area (Å²) >= 11 is 0. The van der Waals surface area contributed by atoms with Crippen molar-refractivity contribution in [3.63, 3.8) is 0 Å². The third kappa shape index (κ3) is 4.32. The van der Waals surface area contributed by atoms with Crippen LogP contribution < -0.4 is 5.32 Å². The van der Waals surface area contributed by atoms with Gasteiger partial charge < -0.3 is 10.1 Å². The van der Waals surface area contributed by atoms with Gasteiger partial charge in [0.2, 0.25) is 0 Å². The molecule has 3 nitrogen and oxygen atoms in total. The molecule has 0 fully saturated rings. The normalized spacial score (nSPS) is 16.5. The van der Waals surface area contributed by atoms with Gasteiger partial charge in [0, 0.05) is 12.2 Å². The van der Waals surface area contributed by atoms with Gasteiger partial charge in [-0.05, 0) is 88.4 Å². The van der Waals surface area contributed by atoms with E-state index in [4.69, 9.17) is 4.74 Å². The van der Waals surface area contributed by atoms with E-state index in [1.54, 1.807) is 0 Å². The topological polar surface area (TPSA) is 38.3 Å².